The van der Waals surface area contributed by atoms with Crippen molar-refractivity contribution < 1.29 is 9.47 Å². The molecule has 1 atom stereocenters. The molecule has 0 amide bonds. The molecule has 4 heteroatoms. The maximum Gasteiger partial charge on any atom is 0.163 e. The fraction of sp³-hybridized carbons (Fsp3) is 0.379. The minimum Gasteiger partial charge on any atom is -0.493 e. The van der Waals surface area contributed by atoms with Gasteiger partial charge < -0.3 is 19.7 Å². The van der Waals surface area contributed by atoms with Crippen molar-refractivity contribution in [2.45, 2.75) is 43.7 Å². The Labute approximate surface area is 197 Å². The number of nitrogens with zero attached hydrogens (tertiary/aromatic N) is 1. The van der Waals surface area contributed by atoms with E-state index in [0.29, 0.717) is 18.1 Å². The largest absolute Gasteiger partial charge is 0.493 e. The van der Waals surface area contributed by atoms with Gasteiger partial charge in [-0.05, 0) is 48.9 Å². The average Bonchev–Trinajstić information content (AvgIpc) is 3.39. The van der Waals surface area contributed by atoms with Crippen molar-refractivity contribution in [3.63, 3.8) is 0 Å². The molecule has 0 bridgehead atoms. The van der Waals surface area contributed by atoms with Crippen LogP contribution in [0.2, 0.25) is 0 Å². The molecule has 172 valence electrons. The van der Waals surface area contributed by atoms with E-state index in [9.17, 15) is 0 Å². The molecule has 2 fully saturated rings. The van der Waals surface area contributed by atoms with Crippen LogP contribution in [0.25, 0.3) is 0 Å². The number of hydrogen-bond donors (Lipinski definition) is 1. The lowest BCUT2D eigenvalue weighted by Gasteiger charge is -2.39. The number of methoxy groups -OCH3 is 1. The summed E-state index contributed by atoms with van der Waals surface area (Å²) in [6, 6.07) is 28.5. The second kappa shape index (κ2) is 10.3. The van der Waals surface area contributed by atoms with Gasteiger partial charge in [-0.3, -0.25) is 0 Å². The van der Waals surface area contributed by atoms with Crippen molar-refractivity contribution in [3.05, 3.63) is 90.0 Å². The molecule has 0 spiro atoms. The van der Waals surface area contributed by atoms with E-state index in [-0.39, 0.29) is 0 Å². The van der Waals surface area contributed by atoms with Gasteiger partial charge in [0.15, 0.2) is 11.5 Å². The lowest BCUT2D eigenvalue weighted by molar-refractivity contribution is 0.201. The summed E-state index contributed by atoms with van der Waals surface area (Å²) in [5, 5.41) is 3.81. The number of ether oxygens (including phenoxy) is 2. The van der Waals surface area contributed by atoms with Crippen LogP contribution < -0.4 is 19.7 Å². The summed E-state index contributed by atoms with van der Waals surface area (Å²) in [6.07, 6.45) is 5.10. The van der Waals surface area contributed by atoms with Gasteiger partial charge in [-0.2, -0.15) is 0 Å². The number of anilines is 1. The third-order valence-electron chi connectivity index (χ3n) is 7.03. The second-order valence-corrected chi connectivity index (χ2v) is 9.17. The zero-order valence-electron chi connectivity index (χ0n) is 19.5. The molecule has 1 saturated heterocycles. The molecule has 1 N–H and O–H groups in total. The van der Waals surface area contributed by atoms with Crippen LogP contribution in [0, 0.1) is 0 Å². The second-order valence-electron chi connectivity index (χ2n) is 9.17. The first kappa shape index (κ1) is 21.8. The van der Waals surface area contributed by atoms with E-state index in [0.717, 1.165) is 44.0 Å². The fourth-order valence-corrected chi connectivity index (χ4v) is 5.35. The molecule has 1 unspecified atom stereocenters. The first-order valence-electron chi connectivity index (χ1n) is 12.2. The predicted molar refractivity (Wildman–Crippen MR) is 135 cm³/mol. The topological polar surface area (TPSA) is 33.7 Å². The predicted octanol–water partition coefficient (Wildman–Crippen LogP) is 5.63. The summed E-state index contributed by atoms with van der Waals surface area (Å²) >= 11 is 0. The van der Waals surface area contributed by atoms with E-state index in [2.05, 4.69) is 89.1 Å². The molecule has 0 aromatic heterocycles. The summed E-state index contributed by atoms with van der Waals surface area (Å²) in [6.45, 7) is 2.86. The molecule has 4 nitrogen and oxygen atoms in total. The van der Waals surface area contributed by atoms with Crippen LogP contribution in [-0.4, -0.2) is 38.9 Å². The van der Waals surface area contributed by atoms with Crippen LogP contribution in [0.4, 0.5) is 5.69 Å². The van der Waals surface area contributed by atoms with Crippen molar-refractivity contribution in [2.75, 3.05) is 31.6 Å². The Kier molecular flexibility index (Phi) is 6.82. The monoisotopic (exact) mass is 442 g/mol. The smallest absolute Gasteiger partial charge is 0.163 e. The Balaban J connectivity index is 1.40. The Bertz CT molecular complexity index is 979. The Morgan fingerprint density at radius 1 is 0.848 bits per heavy atom. The third-order valence-corrected chi connectivity index (χ3v) is 7.03. The number of hydrogen-bond acceptors (Lipinski definition) is 4. The molecule has 1 saturated carbocycles. The van der Waals surface area contributed by atoms with Crippen LogP contribution >= 0.6 is 0 Å². The first-order valence-corrected chi connectivity index (χ1v) is 12.2. The molecule has 5 rings (SSSR count). The maximum atomic E-state index is 6.37. The normalized spacial score (nSPS) is 19.1. The number of nitrogens with one attached hydrogen (secondary N) is 1. The zero-order valence-corrected chi connectivity index (χ0v) is 19.5. The minimum absolute atomic E-state index is 0.294. The number of benzene rings is 3. The van der Waals surface area contributed by atoms with E-state index >= 15 is 0 Å². The van der Waals surface area contributed by atoms with E-state index in [1.165, 1.54) is 29.7 Å². The van der Waals surface area contributed by atoms with Crippen molar-refractivity contribution in [1.29, 1.82) is 0 Å². The molecule has 1 aliphatic heterocycles. The van der Waals surface area contributed by atoms with Gasteiger partial charge in [-0.15, -0.1) is 0 Å². The molecule has 33 heavy (non-hydrogen) atoms. The SMILES string of the molecule is COc1ccc(N2CCNC(C(c3ccccc3)c3ccccc3)C2)cc1OC1CCCC1. The van der Waals surface area contributed by atoms with Gasteiger partial charge in [0.2, 0.25) is 0 Å². The number of rotatable bonds is 7. The molecule has 2 aliphatic rings. The fourth-order valence-electron chi connectivity index (χ4n) is 5.35. The van der Waals surface area contributed by atoms with Crippen molar-refractivity contribution in [2.24, 2.45) is 0 Å². The highest BCUT2D eigenvalue weighted by Gasteiger charge is 2.30. The summed E-state index contributed by atoms with van der Waals surface area (Å²) in [5.74, 6) is 1.99. The summed E-state index contributed by atoms with van der Waals surface area (Å²) in [7, 11) is 1.72. The van der Waals surface area contributed by atoms with Crippen LogP contribution in [0.15, 0.2) is 78.9 Å². The van der Waals surface area contributed by atoms with Gasteiger partial charge in [0.25, 0.3) is 0 Å². The van der Waals surface area contributed by atoms with E-state index in [1.54, 1.807) is 7.11 Å². The van der Waals surface area contributed by atoms with Gasteiger partial charge in [0.1, 0.15) is 0 Å². The molecule has 1 aliphatic carbocycles. The highest BCUT2D eigenvalue weighted by Crippen LogP contribution is 2.36. The van der Waals surface area contributed by atoms with Crippen LogP contribution in [0.1, 0.15) is 42.7 Å². The third kappa shape index (κ3) is 5.01. The van der Waals surface area contributed by atoms with Gasteiger partial charge in [0, 0.05) is 43.3 Å². The molecule has 3 aromatic rings. The van der Waals surface area contributed by atoms with Crippen molar-refractivity contribution in [1.82, 2.24) is 5.32 Å². The van der Waals surface area contributed by atoms with E-state index in [1.807, 2.05) is 0 Å². The van der Waals surface area contributed by atoms with Gasteiger partial charge in [-0.25, -0.2) is 0 Å². The Hall–Kier alpha value is -2.98. The number of piperazine rings is 1. The molecular weight excluding hydrogens is 408 g/mol. The van der Waals surface area contributed by atoms with Crippen LogP contribution in [0.5, 0.6) is 11.5 Å². The van der Waals surface area contributed by atoms with Crippen LogP contribution in [0.3, 0.4) is 0 Å². The maximum absolute atomic E-state index is 6.37. The lowest BCUT2D eigenvalue weighted by atomic mass is 9.84. The first-order chi connectivity index (χ1) is 16.3. The molecule has 3 aromatic carbocycles. The standard InChI is InChI=1S/C29H34N2O2/c1-32-27-17-16-24(20-28(27)33-25-14-8-9-15-25)31-19-18-30-26(21-31)29(22-10-4-2-5-11-22)23-12-6-3-7-13-23/h2-7,10-13,16-17,20,25-26,29-30H,8-9,14-15,18-19,21H2,1H3. The van der Waals surface area contributed by atoms with Crippen LogP contribution in [-0.2, 0) is 0 Å². The summed E-state index contributed by atoms with van der Waals surface area (Å²) in [5.41, 5.74) is 3.90. The van der Waals surface area contributed by atoms with E-state index < -0.39 is 0 Å². The average molecular weight is 443 g/mol. The summed E-state index contributed by atoms with van der Waals surface area (Å²) < 4.78 is 12.0. The van der Waals surface area contributed by atoms with Crippen molar-refractivity contribution in [3.8, 4) is 11.5 Å². The molecular formula is C29H34N2O2. The summed E-state index contributed by atoms with van der Waals surface area (Å²) in [4.78, 5) is 2.49. The highest BCUT2D eigenvalue weighted by atomic mass is 16.5. The molecule has 0 radical (unpaired) electrons. The highest BCUT2D eigenvalue weighted by molar-refractivity contribution is 5.57. The lowest BCUT2D eigenvalue weighted by Crippen LogP contribution is -2.53. The Morgan fingerprint density at radius 2 is 1.52 bits per heavy atom. The van der Waals surface area contributed by atoms with E-state index in [4.69, 9.17) is 9.47 Å². The van der Waals surface area contributed by atoms with Gasteiger partial charge >= 0.3 is 0 Å². The van der Waals surface area contributed by atoms with Gasteiger partial charge in [0.05, 0.1) is 13.2 Å². The Morgan fingerprint density at radius 3 is 2.15 bits per heavy atom. The minimum atomic E-state index is 0.294. The zero-order chi connectivity index (χ0) is 22.5. The van der Waals surface area contributed by atoms with Gasteiger partial charge in [-0.1, -0.05) is 60.7 Å². The van der Waals surface area contributed by atoms with Crippen molar-refractivity contribution >= 4 is 5.69 Å². The quantitative estimate of drug-likeness (QED) is 0.514. The molecule has 1 heterocycles.